The first-order chi connectivity index (χ1) is 4.75. The fourth-order valence-electron chi connectivity index (χ4n) is 1.44. The molecule has 0 aromatic heterocycles. The summed E-state index contributed by atoms with van der Waals surface area (Å²) < 4.78 is 0. The molecule has 0 bridgehead atoms. The van der Waals surface area contributed by atoms with E-state index >= 15 is 0 Å². The van der Waals surface area contributed by atoms with Crippen LogP contribution in [0.25, 0.3) is 0 Å². The molecule has 0 amide bonds. The van der Waals surface area contributed by atoms with Crippen LogP contribution in [0.2, 0.25) is 0 Å². The minimum Gasteiger partial charge on any atom is -0.148 e. The van der Waals surface area contributed by atoms with Gasteiger partial charge in [-0.1, -0.05) is 32.1 Å². The molecule has 0 aromatic carbocycles. The quantitative estimate of drug-likeness (QED) is 0.551. The van der Waals surface area contributed by atoms with Crippen molar-refractivity contribution in [2.75, 3.05) is 0 Å². The Morgan fingerprint density at radius 3 is 2.70 bits per heavy atom. The van der Waals surface area contributed by atoms with Crippen LogP contribution in [0.15, 0.2) is 23.1 Å². The molecule has 1 aliphatic carbocycles. The molecule has 1 heteroatoms. The molecule has 56 valence electrons. The second-order valence-electron chi connectivity index (χ2n) is 2.85. The molecule has 0 heterocycles. The van der Waals surface area contributed by atoms with Crippen molar-refractivity contribution in [2.24, 2.45) is 11.8 Å². The molecule has 1 unspecified atom stereocenters. The van der Waals surface area contributed by atoms with E-state index < -0.39 is 0 Å². The Morgan fingerprint density at radius 2 is 2.30 bits per heavy atom. The van der Waals surface area contributed by atoms with Gasteiger partial charge in [-0.15, -0.1) is 12.6 Å². The molecular weight excluding hydrogens is 140 g/mol. The molecule has 0 fully saturated rings. The zero-order valence-corrected chi connectivity index (χ0v) is 7.44. The third kappa shape index (κ3) is 1.46. The van der Waals surface area contributed by atoms with Gasteiger partial charge in [0.1, 0.15) is 0 Å². The zero-order valence-electron chi connectivity index (χ0n) is 6.54. The molecule has 1 aliphatic rings. The normalized spacial score (nSPS) is 32.1. The average molecular weight is 154 g/mol. The van der Waals surface area contributed by atoms with Crippen LogP contribution < -0.4 is 0 Å². The zero-order chi connectivity index (χ0) is 7.56. The molecule has 0 spiro atoms. The summed E-state index contributed by atoms with van der Waals surface area (Å²) in [5.41, 5.74) is 0. The van der Waals surface area contributed by atoms with Crippen LogP contribution >= 0.6 is 12.6 Å². The van der Waals surface area contributed by atoms with Crippen LogP contribution in [0, 0.1) is 11.8 Å². The van der Waals surface area contributed by atoms with Gasteiger partial charge in [0.2, 0.25) is 0 Å². The maximum absolute atomic E-state index is 4.41. The van der Waals surface area contributed by atoms with Gasteiger partial charge in [0.25, 0.3) is 0 Å². The molecule has 0 aromatic rings. The summed E-state index contributed by atoms with van der Waals surface area (Å²) in [6.45, 7) is 4.46. The SMILES string of the molecule is CCC1C(S)=CC=C[C@H]1C. The third-order valence-electron chi connectivity index (χ3n) is 2.14. The van der Waals surface area contributed by atoms with Crippen LogP contribution in [0.1, 0.15) is 20.3 Å². The predicted molar refractivity (Wildman–Crippen MR) is 49.2 cm³/mol. The van der Waals surface area contributed by atoms with E-state index in [9.17, 15) is 0 Å². The monoisotopic (exact) mass is 154 g/mol. The first kappa shape index (κ1) is 7.93. The summed E-state index contributed by atoms with van der Waals surface area (Å²) in [4.78, 5) is 1.23. The van der Waals surface area contributed by atoms with Crippen molar-refractivity contribution in [3.63, 3.8) is 0 Å². The lowest BCUT2D eigenvalue weighted by Crippen LogP contribution is -2.10. The van der Waals surface area contributed by atoms with Gasteiger partial charge in [0.15, 0.2) is 0 Å². The maximum Gasteiger partial charge on any atom is -0.00467 e. The number of hydrogen-bond donors (Lipinski definition) is 1. The molecule has 0 aliphatic heterocycles. The summed E-state index contributed by atoms with van der Waals surface area (Å²) in [7, 11) is 0. The van der Waals surface area contributed by atoms with E-state index in [2.05, 4.69) is 44.7 Å². The van der Waals surface area contributed by atoms with Crippen LogP contribution in [-0.2, 0) is 0 Å². The number of rotatable bonds is 1. The van der Waals surface area contributed by atoms with Gasteiger partial charge in [0, 0.05) is 0 Å². The highest BCUT2D eigenvalue weighted by Gasteiger charge is 2.16. The van der Waals surface area contributed by atoms with Crippen molar-refractivity contribution in [2.45, 2.75) is 20.3 Å². The van der Waals surface area contributed by atoms with Crippen LogP contribution in [-0.4, -0.2) is 0 Å². The van der Waals surface area contributed by atoms with E-state index in [1.54, 1.807) is 0 Å². The second kappa shape index (κ2) is 3.29. The van der Waals surface area contributed by atoms with Gasteiger partial charge < -0.3 is 0 Å². The van der Waals surface area contributed by atoms with E-state index in [1.165, 1.54) is 11.3 Å². The Balaban J connectivity index is 2.71. The minimum atomic E-state index is 0.660. The first-order valence-electron chi connectivity index (χ1n) is 3.83. The van der Waals surface area contributed by atoms with E-state index in [1.807, 2.05) is 0 Å². The summed E-state index contributed by atoms with van der Waals surface area (Å²) in [5, 5.41) is 0. The standard InChI is InChI=1S/C9H14S/c1-3-8-7(2)5-4-6-9(8)10/h4-8,10H,3H2,1-2H3/t7-,8?/m1/s1. The van der Waals surface area contributed by atoms with Crippen molar-refractivity contribution in [3.05, 3.63) is 23.1 Å². The summed E-state index contributed by atoms with van der Waals surface area (Å²) in [6.07, 6.45) is 7.63. The van der Waals surface area contributed by atoms with Gasteiger partial charge in [0.05, 0.1) is 0 Å². The molecule has 1 rings (SSSR count). The number of thiol groups is 1. The highest BCUT2D eigenvalue weighted by Crippen LogP contribution is 2.30. The first-order valence-corrected chi connectivity index (χ1v) is 4.27. The van der Waals surface area contributed by atoms with Crippen molar-refractivity contribution in [1.82, 2.24) is 0 Å². The van der Waals surface area contributed by atoms with Gasteiger partial charge in [-0.2, -0.15) is 0 Å². The molecule has 2 atom stereocenters. The number of allylic oxidation sites excluding steroid dienone is 4. The van der Waals surface area contributed by atoms with Crippen molar-refractivity contribution < 1.29 is 0 Å². The van der Waals surface area contributed by atoms with Gasteiger partial charge in [-0.3, -0.25) is 0 Å². The molecule has 0 saturated heterocycles. The lowest BCUT2D eigenvalue weighted by atomic mass is 9.88. The Morgan fingerprint density at radius 1 is 1.60 bits per heavy atom. The Kier molecular flexibility index (Phi) is 2.61. The van der Waals surface area contributed by atoms with Crippen molar-refractivity contribution in [3.8, 4) is 0 Å². The summed E-state index contributed by atoms with van der Waals surface area (Å²) >= 11 is 4.41. The molecule has 0 saturated carbocycles. The smallest absolute Gasteiger partial charge is 0.00467 e. The Bertz CT molecular complexity index is 168. The van der Waals surface area contributed by atoms with E-state index in [0.29, 0.717) is 11.8 Å². The van der Waals surface area contributed by atoms with Gasteiger partial charge in [-0.25, -0.2) is 0 Å². The lowest BCUT2D eigenvalue weighted by molar-refractivity contribution is 0.485. The van der Waals surface area contributed by atoms with Crippen molar-refractivity contribution >= 4 is 12.6 Å². The molecule has 0 N–H and O–H groups in total. The van der Waals surface area contributed by atoms with Gasteiger partial charge >= 0.3 is 0 Å². The van der Waals surface area contributed by atoms with E-state index in [4.69, 9.17) is 0 Å². The minimum absolute atomic E-state index is 0.660. The second-order valence-corrected chi connectivity index (χ2v) is 3.37. The molecule has 0 nitrogen and oxygen atoms in total. The fraction of sp³-hybridized carbons (Fsp3) is 0.556. The third-order valence-corrected chi connectivity index (χ3v) is 2.62. The van der Waals surface area contributed by atoms with Crippen LogP contribution in [0.3, 0.4) is 0 Å². The topological polar surface area (TPSA) is 0 Å². The maximum atomic E-state index is 4.41. The Labute approximate surface area is 68.4 Å². The highest BCUT2D eigenvalue weighted by atomic mass is 32.1. The molecule has 10 heavy (non-hydrogen) atoms. The van der Waals surface area contributed by atoms with Crippen LogP contribution in [0.4, 0.5) is 0 Å². The molecular formula is C9H14S. The largest absolute Gasteiger partial charge is 0.148 e. The van der Waals surface area contributed by atoms with Gasteiger partial charge in [-0.05, 0) is 23.2 Å². The number of hydrogen-bond acceptors (Lipinski definition) is 1. The van der Waals surface area contributed by atoms with Crippen LogP contribution in [0.5, 0.6) is 0 Å². The Hall–Kier alpha value is -0.170. The summed E-state index contributed by atoms with van der Waals surface area (Å²) in [5.74, 6) is 1.33. The van der Waals surface area contributed by atoms with E-state index in [0.717, 1.165) is 0 Å². The predicted octanol–water partition coefficient (Wildman–Crippen LogP) is 3.03. The average Bonchev–Trinajstić information content (AvgIpc) is 1.88. The van der Waals surface area contributed by atoms with E-state index in [-0.39, 0.29) is 0 Å². The van der Waals surface area contributed by atoms with Crippen molar-refractivity contribution in [1.29, 1.82) is 0 Å². The summed E-state index contributed by atoms with van der Waals surface area (Å²) in [6, 6.07) is 0. The fourth-order valence-corrected chi connectivity index (χ4v) is 1.94. The molecule has 0 radical (unpaired) electrons. The lowest BCUT2D eigenvalue weighted by Gasteiger charge is -2.22. The highest BCUT2D eigenvalue weighted by molar-refractivity contribution is 7.84.